The Kier molecular flexibility index (Phi) is 7.16. The lowest BCUT2D eigenvalue weighted by molar-refractivity contribution is -0.460. The van der Waals surface area contributed by atoms with Crippen LogP contribution in [-0.2, 0) is 4.74 Å². The van der Waals surface area contributed by atoms with Gasteiger partial charge in [0.1, 0.15) is 5.41 Å². The number of ether oxygens (including phenoxy) is 1. The molecule has 0 aromatic rings. The van der Waals surface area contributed by atoms with Crippen molar-refractivity contribution in [3.05, 3.63) is 0 Å². The zero-order chi connectivity index (χ0) is 16.8. The summed E-state index contributed by atoms with van der Waals surface area (Å²) in [5, 5.41) is 0. The minimum absolute atomic E-state index is 0.0186. The van der Waals surface area contributed by atoms with Crippen molar-refractivity contribution in [2.45, 2.75) is 66.5 Å². The first-order valence-electron chi connectivity index (χ1n) is 7.46. The molecule has 2 atom stereocenters. The van der Waals surface area contributed by atoms with Crippen molar-refractivity contribution < 1.29 is 14.5 Å². The summed E-state index contributed by atoms with van der Waals surface area (Å²) in [4.78, 5) is 13.0. The van der Waals surface area contributed by atoms with Crippen LogP contribution in [-0.4, -0.2) is 35.4 Å². The Morgan fingerprint density at radius 2 is 1.67 bits per heavy atom. The molecule has 0 aliphatic heterocycles. The molecule has 6 nitrogen and oxygen atoms in total. The van der Waals surface area contributed by atoms with E-state index in [1.165, 1.54) is 0 Å². The van der Waals surface area contributed by atoms with Crippen LogP contribution in [0.1, 0.15) is 54.4 Å². The van der Waals surface area contributed by atoms with Crippen LogP contribution in [0.2, 0.25) is 0 Å². The van der Waals surface area contributed by atoms with E-state index in [1.807, 2.05) is 20.8 Å². The molecule has 21 heavy (non-hydrogen) atoms. The molecule has 2 unspecified atom stereocenters. The quantitative estimate of drug-likeness (QED) is 0.172. The van der Waals surface area contributed by atoms with Gasteiger partial charge in [0.2, 0.25) is 6.10 Å². The fourth-order valence-electron chi connectivity index (χ4n) is 1.73. The number of hydrogen-bond acceptors (Lipinski definition) is 2. The Hall–Kier alpha value is -1.30. The van der Waals surface area contributed by atoms with Crippen molar-refractivity contribution in [1.29, 1.82) is 0 Å². The highest BCUT2D eigenvalue weighted by atomic mass is 16.5. The molecule has 0 radical (unpaired) electrons. The first-order valence-corrected chi connectivity index (χ1v) is 7.46. The fourth-order valence-corrected chi connectivity index (χ4v) is 1.73. The van der Waals surface area contributed by atoms with Crippen LogP contribution in [0.5, 0.6) is 0 Å². The highest BCUT2D eigenvalue weighted by molar-refractivity contribution is 5.76. The first kappa shape index (κ1) is 19.7. The van der Waals surface area contributed by atoms with Crippen molar-refractivity contribution in [3.8, 4) is 0 Å². The summed E-state index contributed by atoms with van der Waals surface area (Å²) in [6, 6.07) is -0.193. The average molecular weight is 302 g/mol. The average Bonchev–Trinajstić information content (AvgIpc) is 2.29. The standard InChI is InChI=1S/C15H32N4O2/c1-14(2,3)11(16)10(8-7-9-19-13(17)18)21-12(20)15(4,5)6/h10-11H,7-9,16H2,1-6H3,(H4,17,18,19)/p+2. The van der Waals surface area contributed by atoms with E-state index in [-0.39, 0.29) is 29.5 Å². The van der Waals surface area contributed by atoms with Crippen LogP contribution in [0.4, 0.5) is 0 Å². The molecule has 124 valence electrons. The second kappa shape index (κ2) is 7.64. The Morgan fingerprint density at radius 3 is 2.05 bits per heavy atom. The largest absolute Gasteiger partial charge is 0.488 e. The van der Waals surface area contributed by atoms with Crippen LogP contribution < -0.4 is 22.2 Å². The molecule has 6 heteroatoms. The van der Waals surface area contributed by atoms with E-state index in [1.54, 1.807) is 0 Å². The topological polar surface area (TPSA) is 123 Å². The van der Waals surface area contributed by atoms with Gasteiger partial charge < -0.3 is 15.3 Å². The Morgan fingerprint density at radius 1 is 1.14 bits per heavy atom. The van der Waals surface area contributed by atoms with Crippen LogP contribution in [0, 0.1) is 10.8 Å². The van der Waals surface area contributed by atoms with E-state index in [9.17, 15) is 4.79 Å². The molecule has 0 aromatic carbocycles. The summed E-state index contributed by atoms with van der Waals surface area (Å²) in [5.74, 6) is 0.224. The SMILES string of the molecule is CC(C)(C)C(=[OH+])OC(CCC[NH+]=C(N)N)C(N)C(C)(C)C. The number of guanidine groups is 1. The van der Waals surface area contributed by atoms with Gasteiger partial charge in [-0.25, -0.2) is 0 Å². The fraction of sp³-hybridized carbons (Fsp3) is 0.867. The van der Waals surface area contributed by atoms with E-state index in [4.69, 9.17) is 21.9 Å². The lowest BCUT2D eigenvalue weighted by atomic mass is 9.82. The molecule has 0 rings (SSSR count). The maximum absolute atomic E-state index is 10.1. The summed E-state index contributed by atoms with van der Waals surface area (Å²) in [6.07, 6.45) is 1.24. The normalized spacial score (nSPS) is 15.2. The van der Waals surface area contributed by atoms with Crippen molar-refractivity contribution >= 4 is 11.9 Å². The molecule has 0 spiro atoms. The molecule has 0 aromatic heterocycles. The minimum Gasteiger partial charge on any atom is -0.339 e. The molecule has 0 aliphatic carbocycles. The number of hydrogen-bond donors (Lipinski definition) is 4. The number of esters is 1. The number of carbonyl (C=O) groups excluding carboxylic acids is 1. The van der Waals surface area contributed by atoms with E-state index in [0.29, 0.717) is 13.0 Å². The summed E-state index contributed by atoms with van der Waals surface area (Å²) >= 11 is 0. The number of rotatable bonds is 6. The van der Waals surface area contributed by atoms with Crippen molar-refractivity contribution in [1.82, 2.24) is 0 Å². The molecular formula is C15H34N4O2+2. The van der Waals surface area contributed by atoms with Crippen LogP contribution in [0.3, 0.4) is 0 Å². The maximum Gasteiger partial charge on any atom is 0.488 e. The lowest BCUT2D eigenvalue weighted by Crippen LogP contribution is -2.78. The molecule has 0 aliphatic rings. The lowest BCUT2D eigenvalue weighted by Gasteiger charge is -2.30. The Bertz CT molecular complexity index is 363. The van der Waals surface area contributed by atoms with Gasteiger partial charge in [-0.2, -0.15) is 0 Å². The van der Waals surface area contributed by atoms with Gasteiger partial charge in [-0.3, -0.25) is 16.5 Å². The van der Waals surface area contributed by atoms with Crippen molar-refractivity contribution in [3.63, 3.8) is 0 Å². The van der Waals surface area contributed by atoms with Gasteiger partial charge in [-0.05, 0) is 32.6 Å². The third-order valence-corrected chi connectivity index (χ3v) is 3.30. The van der Waals surface area contributed by atoms with E-state index < -0.39 is 5.41 Å². The van der Waals surface area contributed by atoms with Gasteiger partial charge in [0.05, 0.1) is 12.6 Å². The second-order valence-corrected chi connectivity index (χ2v) is 7.63. The molecule has 0 fully saturated rings. The first-order chi connectivity index (χ1) is 9.35. The summed E-state index contributed by atoms with van der Waals surface area (Å²) < 4.78 is 5.76. The van der Waals surface area contributed by atoms with Gasteiger partial charge in [0.15, 0.2) is 0 Å². The zero-order valence-corrected chi connectivity index (χ0v) is 14.4. The van der Waals surface area contributed by atoms with E-state index >= 15 is 0 Å². The van der Waals surface area contributed by atoms with Gasteiger partial charge >= 0.3 is 11.9 Å². The number of nitrogens with one attached hydrogen (secondary N) is 1. The van der Waals surface area contributed by atoms with Gasteiger partial charge in [-0.15, -0.1) is 0 Å². The third kappa shape index (κ3) is 7.90. The van der Waals surface area contributed by atoms with Crippen molar-refractivity contribution in [2.75, 3.05) is 6.54 Å². The predicted molar refractivity (Wildman–Crippen MR) is 87.1 cm³/mol. The van der Waals surface area contributed by atoms with Crippen LogP contribution in [0.15, 0.2) is 0 Å². The predicted octanol–water partition coefficient (Wildman–Crippen LogP) is -0.572. The maximum atomic E-state index is 10.1. The molecule has 0 saturated carbocycles. The molecule has 0 heterocycles. The van der Waals surface area contributed by atoms with Crippen molar-refractivity contribution in [2.24, 2.45) is 28.0 Å². The summed E-state index contributed by atoms with van der Waals surface area (Å²) in [7, 11) is 0. The van der Waals surface area contributed by atoms with E-state index in [0.717, 1.165) is 6.42 Å². The molecular weight excluding hydrogens is 268 g/mol. The highest BCUT2D eigenvalue weighted by Gasteiger charge is 2.40. The van der Waals surface area contributed by atoms with Gasteiger partial charge in [0, 0.05) is 6.42 Å². The zero-order valence-electron chi connectivity index (χ0n) is 14.4. The van der Waals surface area contributed by atoms with Gasteiger partial charge in [0.25, 0.3) is 0 Å². The molecule has 0 saturated heterocycles. The molecule has 0 bridgehead atoms. The smallest absolute Gasteiger partial charge is 0.339 e. The second-order valence-electron chi connectivity index (χ2n) is 7.63. The Labute approximate surface area is 128 Å². The summed E-state index contributed by atoms with van der Waals surface area (Å²) in [5.41, 5.74) is 16.5. The molecule has 8 N–H and O–H groups in total. The minimum atomic E-state index is -0.427. The number of nitrogens with two attached hydrogens (primary N) is 3. The third-order valence-electron chi connectivity index (χ3n) is 3.30. The van der Waals surface area contributed by atoms with Crippen LogP contribution >= 0.6 is 0 Å². The molecule has 0 amide bonds. The Balaban J connectivity index is 4.78. The van der Waals surface area contributed by atoms with Gasteiger partial charge in [-0.1, -0.05) is 20.8 Å². The monoisotopic (exact) mass is 302 g/mol. The summed E-state index contributed by atoms with van der Waals surface area (Å²) in [6.45, 7) is 12.5. The van der Waals surface area contributed by atoms with Crippen LogP contribution in [0.25, 0.3) is 0 Å². The highest BCUT2D eigenvalue weighted by Crippen LogP contribution is 2.26. The van der Waals surface area contributed by atoms with E-state index in [2.05, 4.69) is 25.8 Å².